The smallest absolute Gasteiger partial charge is 0.407 e. The van der Waals surface area contributed by atoms with Crippen LogP contribution in [-0.2, 0) is 15.9 Å². The summed E-state index contributed by atoms with van der Waals surface area (Å²) >= 11 is 6.26. The predicted octanol–water partition coefficient (Wildman–Crippen LogP) is 4.46. The second kappa shape index (κ2) is 14.6. The second-order valence-electron chi connectivity index (χ2n) is 9.93. The van der Waals surface area contributed by atoms with E-state index in [-0.39, 0.29) is 60.4 Å². The van der Waals surface area contributed by atoms with Crippen molar-refractivity contribution in [2.75, 3.05) is 38.7 Å². The fourth-order valence-corrected chi connectivity index (χ4v) is 3.84. The average Bonchev–Trinajstić information content (AvgIpc) is 3.38. The molecule has 0 saturated heterocycles. The van der Waals surface area contributed by atoms with Crippen LogP contribution < -0.4 is 20.7 Å². The van der Waals surface area contributed by atoms with Crippen molar-refractivity contribution in [1.29, 1.82) is 0 Å². The van der Waals surface area contributed by atoms with E-state index >= 15 is 0 Å². The summed E-state index contributed by atoms with van der Waals surface area (Å²) in [5.74, 6) is -3.45. The molecule has 3 amide bonds. The Morgan fingerprint density at radius 1 is 1.00 bits per heavy atom. The molecule has 42 heavy (non-hydrogen) atoms. The van der Waals surface area contributed by atoms with Crippen molar-refractivity contribution >= 4 is 35.2 Å². The maximum Gasteiger partial charge on any atom is 0.407 e. The maximum absolute atomic E-state index is 14.3. The van der Waals surface area contributed by atoms with Gasteiger partial charge in [0.25, 0.3) is 11.8 Å². The zero-order valence-corrected chi connectivity index (χ0v) is 24.3. The van der Waals surface area contributed by atoms with Crippen LogP contribution in [0.1, 0.15) is 53.0 Å². The summed E-state index contributed by atoms with van der Waals surface area (Å²) in [7, 11) is 1.24. The number of benzene rings is 2. The Bertz CT molecular complexity index is 1430. The molecule has 226 valence electrons. The van der Waals surface area contributed by atoms with Gasteiger partial charge in [-0.3, -0.25) is 9.59 Å². The first-order valence-corrected chi connectivity index (χ1v) is 13.2. The van der Waals surface area contributed by atoms with Gasteiger partial charge < -0.3 is 35.1 Å². The number of aromatic amines is 1. The van der Waals surface area contributed by atoms with E-state index < -0.39 is 35.1 Å². The summed E-state index contributed by atoms with van der Waals surface area (Å²) in [5.41, 5.74) is 0.358. The molecule has 0 aliphatic carbocycles. The van der Waals surface area contributed by atoms with Gasteiger partial charge in [0.15, 0.2) is 17.4 Å². The number of imidazole rings is 1. The molecule has 0 aliphatic rings. The molecule has 11 nitrogen and oxygen atoms in total. The van der Waals surface area contributed by atoms with Gasteiger partial charge >= 0.3 is 6.09 Å². The van der Waals surface area contributed by atoms with Gasteiger partial charge in [-0.2, -0.15) is 4.39 Å². The van der Waals surface area contributed by atoms with Crippen LogP contribution in [0.25, 0.3) is 0 Å². The summed E-state index contributed by atoms with van der Waals surface area (Å²) in [6, 6.07) is 7.06. The van der Waals surface area contributed by atoms with Gasteiger partial charge in [0.1, 0.15) is 5.60 Å². The summed E-state index contributed by atoms with van der Waals surface area (Å²) in [6.45, 7) is 6.19. The SMILES string of the molecule is COc1ccc(Cc2cnc(C(=O)Nc3ccc(C(=O)NCCOCCNC(=O)OC(C)(C)C)c(Cl)c3)[nH]2)c(F)c1F. The van der Waals surface area contributed by atoms with Crippen LogP contribution in [0.15, 0.2) is 36.5 Å². The van der Waals surface area contributed by atoms with E-state index in [9.17, 15) is 23.2 Å². The summed E-state index contributed by atoms with van der Waals surface area (Å²) in [6.07, 6.45) is 0.774. The van der Waals surface area contributed by atoms with E-state index in [1.165, 1.54) is 43.6 Å². The molecule has 1 heterocycles. The third kappa shape index (κ3) is 9.42. The summed E-state index contributed by atoms with van der Waals surface area (Å²) < 4.78 is 43.5. The standard InChI is InChI=1S/C28H32ClF2N5O6/c1-28(2,3)42-27(39)33-10-12-41-11-9-32-25(37)19-7-6-17(14-20(19)29)36-26(38)24-34-15-18(35-24)13-16-5-8-21(40-4)23(31)22(16)30/h5-8,14-15H,9-13H2,1-4H3,(H,32,37)(H,33,39)(H,34,35)(H,36,38). The number of hydrogen-bond acceptors (Lipinski definition) is 7. The Hall–Kier alpha value is -4.23. The maximum atomic E-state index is 14.3. The zero-order valence-electron chi connectivity index (χ0n) is 23.5. The molecule has 4 N–H and O–H groups in total. The number of ether oxygens (including phenoxy) is 3. The fraction of sp³-hybridized carbons (Fsp3) is 0.357. The Morgan fingerprint density at radius 3 is 2.38 bits per heavy atom. The molecule has 0 radical (unpaired) electrons. The number of alkyl carbamates (subject to hydrolysis) is 1. The topological polar surface area (TPSA) is 144 Å². The van der Waals surface area contributed by atoms with Gasteiger partial charge in [0.2, 0.25) is 5.82 Å². The molecular formula is C28H32ClF2N5O6. The lowest BCUT2D eigenvalue weighted by molar-refractivity contribution is 0.0500. The van der Waals surface area contributed by atoms with Gasteiger partial charge in [0.05, 0.1) is 30.9 Å². The van der Waals surface area contributed by atoms with E-state index in [1.54, 1.807) is 20.8 Å². The minimum Gasteiger partial charge on any atom is -0.494 e. The van der Waals surface area contributed by atoms with E-state index in [2.05, 4.69) is 25.9 Å². The molecule has 0 spiro atoms. The number of nitrogens with zero attached hydrogens (tertiary/aromatic N) is 1. The van der Waals surface area contributed by atoms with Crippen LogP contribution in [0.2, 0.25) is 5.02 Å². The number of H-pyrrole nitrogens is 1. The Kier molecular flexibility index (Phi) is 11.2. The molecule has 3 aromatic rings. The second-order valence-corrected chi connectivity index (χ2v) is 10.3. The summed E-state index contributed by atoms with van der Waals surface area (Å²) in [5, 5.41) is 7.95. The van der Waals surface area contributed by atoms with Gasteiger partial charge in [-0.1, -0.05) is 17.7 Å². The van der Waals surface area contributed by atoms with Gasteiger partial charge in [-0.05, 0) is 50.6 Å². The van der Waals surface area contributed by atoms with Crippen molar-refractivity contribution < 1.29 is 37.4 Å². The molecule has 2 aromatic carbocycles. The number of carbonyl (C=O) groups excluding carboxylic acids is 3. The molecule has 0 aliphatic heterocycles. The highest BCUT2D eigenvalue weighted by atomic mass is 35.5. The van der Waals surface area contributed by atoms with Crippen molar-refractivity contribution in [2.24, 2.45) is 0 Å². The zero-order chi connectivity index (χ0) is 30.9. The lowest BCUT2D eigenvalue weighted by atomic mass is 10.1. The van der Waals surface area contributed by atoms with Crippen LogP contribution in [-0.4, -0.2) is 66.9 Å². The number of amides is 3. The van der Waals surface area contributed by atoms with Crippen LogP contribution in [0.3, 0.4) is 0 Å². The highest BCUT2D eigenvalue weighted by Crippen LogP contribution is 2.24. The van der Waals surface area contributed by atoms with E-state index in [4.69, 9.17) is 25.8 Å². The van der Waals surface area contributed by atoms with Gasteiger partial charge in [0, 0.05) is 37.1 Å². The molecule has 0 bridgehead atoms. The molecule has 14 heteroatoms. The number of aromatic nitrogens is 2. The molecule has 0 fully saturated rings. The number of rotatable bonds is 12. The Labute approximate surface area is 246 Å². The van der Waals surface area contributed by atoms with Gasteiger partial charge in [-0.25, -0.2) is 14.2 Å². The quantitative estimate of drug-likeness (QED) is 0.223. The minimum absolute atomic E-state index is 0.0311. The monoisotopic (exact) mass is 607 g/mol. The lowest BCUT2D eigenvalue weighted by Gasteiger charge is -2.19. The normalized spacial score (nSPS) is 11.1. The highest BCUT2D eigenvalue weighted by molar-refractivity contribution is 6.34. The van der Waals surface area contributed by atoms with Crippen molar-refractivity contribution in [2.45, 2.75) is 32.8 Å². The van der Waals surface area contributed by atoms with Crippen LogP contribution in [0.4, 0.5) is 19.3 Å². The first-order valence-electron chi connectivity index (χ1n) is 12.9. The predicted molar refractivity (Wildman–Crippen MR) is 151 cm³/mol. The van der Waals surface area contributed by atoms with Crippen LogP contribution in [0.5, 0.6) is 5.75 Å². The third-order valence-corrected chi connectivity index (χ3v) is 5.80. The van der Waals surface area contributed by atoms with E-state index in [0.717, 1.165) is 0 Å². The molecule has 1 aromatic heterocycles. The number of nitrogens with one attached hydrogen (secondary N) is 4. The van der Waals surface area contributed by atoms with Crippen molar-refractivity contribution in [3.8, 4) is 5.75 Å². The van der Waals surface area contributed by atoms with Gasteiger partial charge in [-0.15, -0.1) is 0 Å². The molecular weight excluding hydrogens is 576 g/mol. The molecule has 3 rings (SSSR count). The number of anilines is 1. The van der Waals surface area contributed by atoms with Crippen LogP contribution >= 0.6 is 11.6 Å². The van der Waals surface area contributed by atoms with E-state index in [1.807, 2.05) is 0 Å². The minimum atomic E-state index is -1.10. The molecule has 0 saturated carbocycles. The third-order valence-electron chi connectivity index (χ3n) is 5.49. The van der Waals surface area contributed by atoms with Crippen molar-refractivity contribution in [1.82, 2.24) is 20.6 Å². The molecule has 0 atom stereocenters. The Morgan fingerprint density at radius 2 is 1.71 bits per heavy atom. The molecule has 0 unspecified atom stereocenters. The lowest BCUT2D eigenvalue weighted by Crippen LogP contribution is -2.34. The van der Waals surface area contributed by atoms with Crippen molar-refractivity contribution in [3.05, 3.63) is 75.8 Å². The largest absolute Gasteiger partial charge is 0.494 e. The highest BCUT2D eigenvalue weighted by Gasteiger charge is 2.18. The number of methoxy groups -OCH3 is 1. The number of carbonyl (C=O) groups is 3. The fourth-order valence-electron chi connectivity index (χ4n) is 3.58. The number of halogens is 3. The Balaban J connectivity index is 1.45. The summed E-state index contributed by atoms with van der Waals surface area (Å²) in [4.78, 5) is 43.5. The van der Waals surface area contributed by atoms with Crippen molar-refractivity contribution in [3.63, 3.8) is 0 Å². The first-order chi connectivity index (χ1) is 19.9. The average molecular weight is 608 g/mol. The first kappa shape index (κ1) is 32.3. The number of hydrogen-bond donors (Lipinski definition) is 4. The van der Waals surface area contributed by atoms with E-state index in [0.29, 0.717) is 11.4 Å². The van der Waals surface area contributed by atoms with Crippen LogP contribution in [0, 0.1) is 11.6 Å².